The number of hydrogen-bond donors (Lipinski definition) is 0. The van der Waals surface area contributed by atoms with Crippen LogP contribution >= 0.6 is 0 Å². The Bertz CT molecular complexity index is 392. The molecule has 4 rings (SSSR count). The zero-order valence-electron chi connectivity index (χ0n) is 10.8. The molecule has 4 heterocycles. The Labute approximate surface area is 143 Å². The van der Waals surface area contributed by atoms with E-state index in [-0.39, 0.29) is 56.8 Å². The Kier molecular flexibility index (Phi) is 3.94. The van der Waals surface area contributed by atoms with E-state index in [4.69, 9.17) is 18.5 Å². The van der Waals surface area contributed by atoms with E-state index in [1.807, 2.05) is 13.8 Å². The third kappa shape index (κ3) is 2.21. The molecule has 0 saturated carbocycles. The van der Waals surface area contributed by atoms with Gasteiger partial charge in [0.1, 0.15) is 5.76 Å². The van der Waals surface area contributed by atoms with Gasteiger partial charge in [-0.2, -0.15) is 0 Å². The molecule has 1 aromatic heterocycles. The smallest absolute Gasteiger partial charge is 0.540 e. The van der Waals surface area contributed by atoms with Crippen LogP contribution in [0.25, 0.3) is 0 Å². The van der Waals surface area contributed by atoms with E-state index in [1.165, 1.54) is 0 Å². The molecule has 0 aromatic carbocycles. The fraction of sp³-hybridized carbons (Fsp3) is 0.700. The number of fused-ring (bicyclic) bond motifs is 3. The Morgan fingerprint density at radius 1 is 1.12 bits per heavy atom. The van der Waals surface area contributed by atoms with Crippen LogP contribution in [0.3, 0.4) is 0 Å². The van der Waals surface area contributed by atoms with Gasteiger partial charge in [0.2, 0.25) is 0 Å². The Morgan fingerprint density at radius 2 is 1.65 bits per heavy atom. The number of aryl methyl sites for hydroxylation is 2. The quantitative estimate of drug-likeness (QED) is 0.525. The molecule has 3 aliphatic heterocycles. The van der Waals surface area contributed by atoms with Gasteiger partial charge in [0, 0.05) is 25.2 Å². The molecular formula is C10H15BKNO4. The average Bonchev–Trinajstić information content (AvgIpc) is 2.61. The van der Waals surface area contributed by atoms with Crippen molar-refractivity contribution < 1.29 is 69.9 Å². The first-order valence-corrected chi connectivity index (χ1v) is 5.53. The first-order chi connectivity index (χ1) is 7.55. The first kappa shape index (κ1) is 14.2. The van der Waals surface area contributed by atoms with E-state index in [1.54, 1.807) is 0 Å². The standard InChI is InChI=1S/C10H15BNO4.K/c1-7-9(8(2)16-12-7)11-13-4-10(3,5-14-11)6-15-11;/h4-6H2,1-3H3;/q-1;+1. The maximum Gasteiger partial charge on any atom is 1.00 e. The van der Waals surface area contributed by atoms with Crippen LogP contribution in [-0.2, 0) is 14.0 Å². The molecule has 2 bridgehead atoms. The van der Waals surface area contributed by atoms with Crippen molar-refractivity contribution in [1.82, 2.24) is 5.16 Å². The largest absolute Gasteiger partial charge is 1.00 e. The Balaban J connectivity index is 0.00000108. The number of rotatable bonds is 1. The summed E-state index contributed by atoms with van der Waals surface area (Å²) in [4.78, 5) is 0. The van der Waals surface area contributed by atoms with Crippen LogP contribution in [0.5, 0.6) is 0 Å². The zero-order valence-corrected chi connectivity index (χ0v) is 13.9. The molecule has 1 aromatic rings. The summed E-state index contributed by atoms with van der Waals surface area (Å²) in [7, 11) is 0. The summed E-state index contributed by atoms with van der Waals surface area (Å²) in [5.41, 5.74) is 1.60. The summed E-state index contributed by atoms with van der Waals surface area (Å²) in [6.45, 7) is 6.00. The molecule has 0 N–H and O–H groups in total. The van der Waals surface area contributed by atoms with Crippen molar-refractivity contribution in [2.24, 2.45) is 5.41 Å². The predicted molar refractivity (Wildman–Crippen MR) is 57.3 cm³/mol. The fourth-order valence-corrected chi connectivity index (χ4v) is 2.45. The summed E-state index contributed by atoms with van der Waals surface area (Å²) in [5.74, 6) is 0.711. The Morgan fingerprint density at radius 3 is 2.06 bits per heavy atom. The van der Waals surface area contributed by atoms with Crippen molar-refractivity contribution in [2.75, 3.05) is 19.8 Å². The number of aromatic nitrogens is 1. The van der Waals surface area contributed by atoms with Gasteiger partial charge in [-0.1, -0.05) is 17.5 Å². The number of nitrogens with zero attached hydrogens (tertiary/aromatic N) is 1. The van der Waals surface area contributed by atoms with Gasteiger partial charge in [0.05, 0.1) is 5.69 Å². The summed E-state index contributed by atoms with van der Waals surface area (Å²) < 4.78 is 22.5. The first-order valence-electron chi connectivity index (χ1n) is 5.53. The van der Waals surface area contributed by atoms with Crippen LogP contribution in [0.2, 0.25) is 0 Å². The third-order valence-electron chi connectivity index (χ3n) is 3.40. The molecule has 5 nitrogen and oxygen atoms in total. The van der Waals surface area contributed by atoms with E-state index in [0.717, 1.165) is 11.2 Å². The normalized spacial score (nSPS) is 35.7. The molecule has 17 heavy (non-hydrogen) atoms. The van der Waals surface area contributed by atoms with Crippen LogP contribution < -0.4 is 56.8 Å². The maximum absolute atomic E-state index is 5.79. The van der Waals surface area contributed by atoms with Crippen molar-refractivity contribution in [2.45, 2.75) is 20.8 Å². The molecule has 88 valence electrons. The molecule has 3 aliphatic rings. The van der Waals surface area contributed by atoms with Crippen molar-refractivity contribution in [3.8, 4) is 0 Å². The molecule has 3 fully saturated rings. The summed E-state index contributed by atoms with van der Waals surface area (Å²) in [6, 6.07) is 0. The van der Waals surface area contributed by atoms with Crippen molar-refractivity contribution >= 4 is 12.2 Å². The van der Waals surface area contributed by atoms with Gasteiger partial charge in [-0.15, -0.1) is 0 Å². The van der Waals surface area contributed by atoms with Gasteiger partial charge in [0.15, 0.2) is 0 Å². The second kappa shape index (κ2) is 4.72. The van der Waals surface area contributed by atoms with E-state index in [9.17, 15) is 0 Å². The predicted octanol–water partition coefficient (Wildman–Crippen LogP) is -2.48. The van der Waals surface area contributed by atoms with E-state index >= 15 is 0 Å². The van der Waals surface area contributed by atoms with Gasteiger partial charge < -0.3 is 18.5 Å². The van der Waals surface area contributed by atoms with Crippen LogP contribution in [0, 0.1) is 19.3 Å². The van der Waals surface area contributed by atoms with E-state index in [2.05, 4.69) is 12.1 Å². The minimum absolute atomic E-state index is 0. The summed E-state index contributed by atoms with van der Waals surface area (Å²) in [6.07, 6.45) is 0. The zero-order chi connectivity index (χ0) is 11.4. The van der Waals surface area contributed by atoms with E-state index < -0.39 is 6.75 Å². The molecule has 3 saturated heterocycles. The third-order valence-corrected chi connectivity index (χ3v) is 3.40. The molecule has 0 amide bonds. The number of hydrogen-bond acceptors (Lipinski definition) is 5. The van der Waals surface area contributed by atoms with Gasteiger partial charge in [-0.25, -0.2) is 0 Å². The maximum atomic E-state index is 5.79. The van der Waals surface area contributed by atoms with Crippen molar-refractivity contribution in [3.63, 3.8) is 0 Å². The molecule has 0 unspecified atom stereocenters. The van der Waals surface area contributed by atoms with Crippen molar-refractivity contribution in [3.05, 3.63) is 11.5 Å². The van der Waals surface area contributed by atoms with Gasteiger partial charge in [-0.05, 0) is 13.8 Å². The topological polar surface area (TPSA) is 53.7 Å². The molecule has 0 aliphatic carbocycles. The molecule has 0 atom stereocenters. The summed E-state index contributed by atoms with van der Waals surface area (Å²) >= 11 is 0. The summed E-state index contributed by atoms with van der Waals surface area (Å²) in [5, 5.41) is 3.92. The molecule has 0 spiro atoms. The van der Waals surface area contributed by atoms with Crippen LogP contribution in [0.1, 0.15) is 18.4 Å². The van der Waals surface area contributed by atoms with Crippen LogP contribution in [0.15, 0.2) is 4.52 Å². The minimum Gasteiger partial charge on any atom is -0.540 e. The Hall–Kier alpha value is 0.791. The van der Waals surface area contributed by atoms with Crippen molar-refractivity contribution in [1.29, 1.82) is 0 Å². The van der Waals surface area contributed by atoms with Gasteiger partial charge in [0.25, 0.3) is 0 Å². The van der Waals surface area contributed by atoms with E-state index in [0.29, 0.717) is 25.6 Å². The van der Waals surface area contributed by atoms with Gasteiger partial charge >= 0.3 is 58.1 Å². The minimum atomic E-state index is -1.82. The second-order valence-electron chi connectivity index (χ2n) is 5.12. The van der Waals surface area contributed by atoms with Crippen LogP contribution in [-0.4, -0.2) is 31.7 Å². The van der Waals surface area contributed by atoms with Crippen LogP contribution in [0.4, 0.5) is 0 Å². The van der Waals surface area contributed by atoms with Gasteiger partial charge in [-0.3, -0.25) is 0 Å². The SMILES string of the molecule is Cc1noc(C)c1[B-]12OCC(C)(CO1)CO2.[K+]. The monoisotopic (exact) mass is 263 g/mol. The molecular weight excluding hydrogens is 248 g/mol. The average molecular weight is 263 g/mol. The molecule has 7 heteroatoms. The second-order valence-corrected chi connectivity index (χ2v) is 5.12. The fourth-order valence-electron chi connectivity index (χ4n) is 2.45. The molecule has 0 radical (unpaired) electrons.